The molecule has 3 N–H and O–H groups in total. The van der Waals surface area contributed by atoms with Gasteiger partial charge in [-0.3, -0.25) is 4.98 Å². The topological polar surface area (TPSA) is 50.9 Å². The van der Waals surface area contributed by atoms with E-state index in [1.54, 1.807) is 12.4 Å². The first-order valence-electron chi connectivity index (χ1n) is 5.77. The molecule has 1 heterocycles. The number of nitrogen functional groups attached to an aromatic ring is 1. The number of nitrogens with two attached hydrogens (primary N) is 1. The van der Waals surface area contributed by atoms with Crippen LogP contribution in [0.15, 0.2) is 18.5 Å². The number of nitrogens with one attached hydrogen (secondary N) is 1. The first-order chi connectivity index (χ1) is 7.84. The quantitative estimate of drug-likeness (QED) is 0.685. The highest BCUT2D eigenvalue weighted by Gasteiger charge is 1.96. The molecule has 0 aliphatic rings. The average molecular weight is 239 g/mol. The average Bonchev–Trinajstić information content (AvgIpc) is 2.30. The van der Waals surface area contributed by atoms with Crippen molar-refractivity contribution in [3.8, 4) is 0 Å². The van der Waals surface area contributed by atoms with Gasteiger partial charge in [-0.2, -0.15) is 11.8 Å². The van der Waals surface area contributed by atoms with Gasteiger partial charge in [-0.25, -0.2) is 0 Å². The Morgan fingerprint density at radius 2 is 2.12 bits per heavy atom. The maximum Gasteiger partial charge on any atom is 0.0736 e. The van der Waals surface area contributed by atoms with Crippen molar-refractivity contribution in [3.05, 3.63) is 18.5 Å². The lowest BCUT2D eigenvalue weighted by Gasteiger charge is -2.08. The number of rotatable bonds is 8. The number of thioether (sulfide) groups is 1. The molecule has 0 fully saturated rings. The van der Waals surface area contributed by atoms with Crippen molar-refractivity contribution in [2.24, 2.45) is 0 Å². The molecule has 0 spiro atoms. The van der Waals surface area contributed by atoms with Crippen LogP contribution in [0.25, 0.3) is 0 Å². The molecule has 0 atom stereocenters. The summed E-state index contributed by atoms with van der Waals surface area (Å²) >= 11 is 1.93. The fraction of sp³-hybridized carbons (Fsp3) is 0.583. The van der Waals surface area contributed by atoms with Crippen LogP contribution in [0.3, 0.4) is 0 Å². The van der Waals surface area contributed by atoms with Crippen molar-refractivity contribution in [2.75, 3.05) is 29.6 Å². The van der Waals surface area contributed by atoms with Gasteiger partial charge in [-0.15, -0.1) is 0 Å². The zero-order valence-corrected chi connectivity index (χ0v) is 10.7. The fourth-order valence-electron chi connectivity index (χ4n) is 1.52. The minimum Gasteiger partial charge on any atom is -0.396 e. The summed E-state index contributed by atoms with van der Waals surface area (Å²) in [5.41, 5.74) is 7.50. The molecular weight excluding hydrogens is 218 g/mol. The Bertz CT molecular complexity index is 291. The van der Waals surface area contributed by atoms with E-state index in [-0.39, 0.29) is 0 Å². The minimum absolute atomic E-state index is 0.727. The van der Waals surface area contributed by atoms with Crippen molar-refractivity contribution in [2.45, 2.75) is 25.7 Å². The second-order valence-corrected chi connectivity index (χ2v) is 4.78. The number of unbranched alkanes of at least 4 members (excludes halogenated alkanes) is 3. The normalized spacial score (nSPS) is 10.3. The SMILES string of the molecule is CSCCCCCCNc1ccncc1N. The molecule has 0 saturated heterocycles. The van der Waals surface area contributed by atoms with E-state index in [9.17, 15) is 0 Å². The van der Waals surface area contributed by atoms with Gasteiger partial charge in [0.15, 0.2) is 0 Å². The Kier molecular flexibility index (Phi) is 6.81. The van der Waals surface area contributed by atoms with Gasteiger partial charge in [-0.05, 0) is 30.9 Å². The van der Waals surface area contributed by atoms with Gasteiger partial charge < -0.3 is 11.1 Å². The molecule has 0 aliphatic carbocycles. The molecule has 0 bridgehead atoms. The van der Waals surface area contributed by atoms with Crippen LogP contribution >= 0.6 is 11.8 Å². The summed E-state index contributed by atoms with van der Waals surface area (Å²) in [6, 6.07) is 1.92. The van der Waals surface area contributed by atoms with Crippen LogP contribution < -0.4 is 11.1 Å². The predicted molar refractivity (Wildman–Crippen MR) is 74.0 cm³/mol. The van der Waals surface area contributed by atoms with Crippen LogP contribution in [0.4, 0.5) is 11.4 Å². The molecule has 1 aromatic heterocycles. The number of pyridine rings is 1. The molecule has 90 valence electrons. The summed E-state index contributed by atoms with van der Waals surface area (Å²) in [5, 5.41) is 3.33. The van der Waals surface area contributed by atoms with Crippen LogP contribution in [0.2, 0.25) is 0 Å². The van der Waals surface area contributed by atoms with Gasteiger partial charge in [0.25, 0.3) is 0 Å². The number of aromatic nitrogens is 1. The second kappa shape index (κ2) is 8.28. The second-order valence-electron chi connectivity index (χ2n) is 3.80. The number of hydrogen-bond acceptors (Lipinski definition) is 4. The molecular formula is C12H21N3S. The summed E-state index contributed by atoms with van der Waals surface area (Å²) < 4.78 is 0. The lowest BCUT2D eigenvalue weighted by Crippen LogP contribution is -2.04. The van der Waals surface area contributed by atoms with E-state index in [2.05, 4.69) is 16.6 Å². The monoisotopic (exact) mass is 239 g/mol. The summed E-state index contributed by atoms with van der Waals surface area (Å²) in [7, 11) is 0. The van der Waals surface area contributed by atoms with Crippen LogP contribution in [-0.4, -0.2) is 23.5 Å². The lowest BCUT2D eigenvalue weighted by atomic mass is 10.2. The van der Waals surface area contributed by atoms with E-state index in [0.717, 1.165) is 17.9 Å². The molecule has 0 amide bonds. The summed E-state index contributed by atoms with van der Waals surface area (Å²) in [4.78, 5) is 3.96. The minimum atomic E-state index is 0.727. The highest BCUT2D eigenvalue weighted by molar-refractivity contribution is 7.98. The Morgan fingerprint density at radius 3 is 2.88 bits per heavy atom. The zero-order valence-electron chi connectivity index (χ0n) is 9.91. The fourth-order valence-corrected chi connectivity index (χ4v) is 2.01. The third-order valence-electron chi connectivity index (χ3n) is 2.44. The predicted octanol–water partition coefficient (Wildman–Crippen LogP) is 3.00. The van der Waals surface area contributed by atoms with Gasteiger partial charge in [-0.1, -0.05) is 12.8 Å². The van der Waals surface area contributed by atoms with Crippen molar-refractivity contribution in [1.82, 2.24) is 4.98 Å². The van der Waals surface area contributed by atoms with E-state index in [4.69, 9.17) is 5.73 Å². The standard InChI is InChI=1S/C12H21N3S/c1-16-9-5-3-2-4-7-15-12-6-8-14-10-11(12)13/h6,8,10H,2-5,7,9,13H2,1H3,(H,14,15). The van der Waals surface area contributed by atoms with E-state index in [0.29, 0.717) is 0 Å². The Balaban J connectivity index is 2.05. The van der Waals surface area contributed by atoms with Crippen LogP contribution in [-0.2, 0) is 0 Å². The molecule has 16 heavy (non-hydrogen) atoms. The summed E-state index contributed by atoms with van der Waals surface area (Å²) in [5.74, 6) is 1.28. The summed E-state index contributed by atoms with van der Waals surface area (Å²) in [6.07, 6.45) is 10.8. The molecule has 1 aromatic rings. The Morgan fingerprint density at radius 1 is 1.31 bits per heavy atom. The van der Waals surface area contributed by atoms with E-state index >= 15 is 0 Å². The summed E-state index contributed by atoms with van der Waals surface area (Å²) in [6.45, 7) is 0.994. The van der Waals surface area contributed by atoms with Crippen LogP contribution in [0.5, 0.6) is 0 Å². The van der Waals surface area contributed by atoms with Gasteiger partial charge in [0, 0.05) is 12.7 Å². The Labute approximate surface area is 102 Å². The van der Waals surface area contributed by atoms with Crippen LogP contribution in [0.1, 0.15) is 25.7 Å². The third-order valence-corrected chi connectivity index (χ3v) is 3.14. The maximum absolute atomic E-state index is 5.77. The van der Waals surface area contributed by atoms with Gasteiger partial charge in [0.1, 0.15) is 0 Å². The van der Waals surface area contributed by atoms with Crippen LogP contribution in [0, 0.1) is 0 Å². The van der Waals surface area contributed by atoms with Crippen molar-refractivity contribution < 1.29 is 0 Å². The van der Waals surface area contributed by atoms with Crippen molar-refractivity contribution >= 4 is 23.1 Å². The smallest absolute Gasteiger partial charge is 0.0736 e. The highest BCUT2D eigenvalue weighted by atomic mass is 32.2. The lowest BCUT2D eigenvalue weighted by molar-refractivity contribution is 0.689. The molecule has 0 unspecified atom stereocenters. The van der Waals surface area contributed by atoms with Gasteiger partial charge in [0.05, 0.1) is 17.6 Å². The molecule has 0 saturated carbocycles. The molecule has 3 nitrogen and oxygen atoms in total. The molecule has 4 heteroatoms. The number of hydrogen-bond donors (Lipinski definition) is 2. The highest BCUT2D eigenvalue weighted by Crippen LogP contribution is 2.15. The van der Waals surface area contributed by atoms with Gasteiger partial charge in [0.2, 0.25) is 0 Å². The van der Waals surface area contributed by atoms with E-state index in [1.807, 2.05) is 17.8 Å². The van der Waals surface area contributed by atoms with E-state index < -0.39 is 0 Å². The zero-order chi connectivity index (χ0) is 11.6. The first-order valence-corrected chi connectivity index (χ1v) is 7.16. The van der Waals surface area contributed by atoms with Crippen molar-refractivity contribution in [1.29, 1.82) is 0 Å². The first kappa shape index (κ1) is 13.2. The largest absolute Gasteiger partial charge is 0.396 e. The van der Waals surface area contributed by atoms with Crippen molar-refractivity contribution in [3.63, 3.8) is 0 Å². The van der Waals surface area contributed by atoms with Gasteiger partial charge >= 0.3 is 0 Å². The molecule has 1 rings (SSSR count). The number of nitrogens with zero attached hydrogens (tertiary/aromatic N) is 1. The molecule has 0 radical (unpaired) electrons. The molecule has 0 aliphatic heterocycles. The number of anilines is 2. The van der Waals surface area contributed by atoms with E-state index in [1.165, 1.54) is 31.4 Å². The molecule has 0 aromatic carbocycles. The maximum atomic E-state index is 5.77. The Hall–Kier alpha value is -0.900. The third kappa shape index (κ3) is 5.26.